The van der Waals surface area contributed by atoms with Gasteiger partial charge in [0, 0.05) is 43.4 Å². The standard InChI is InChI=1S/C27H32N2O7/c1-17-15-18(5-8-21(17)34-3)25(30)23-24(20-7-6-19(33-2)16-22(20)35-4)29(27(32)26(23)31)10-9-28-11-13-36-14-12-28/h5-8,15-16,24,30H,9-14H2,1-4H3/b25-23-. The highest BCUT2D eigenvalue weighted by molar-refractivity contribution is 6.46. The zero-order valence-electron chi connectivity index (χ0n) is 21.1. The van der Waals surface area contributed by atoms with Crippen LogP contribution >= 0.6 is 0 Å². The number of carbonyl (C=O) groups excluding carboxylic acids is 2. The van der Waals surface area contributed by atoms with Crippen molar-refractivity contribution in [3.05, 3.63) is 58.7 Å². The number of morpholine rings is 1. The van der Waals surface area contributed by atoms with Crippen LogP contribution in [0, 0.1) is 6.92 Å². The summed E-state index contributed by atoms with van der Waals surface area (Å²) in [5, 5.41) is 11.4. The molecule has 9 nitrogen and oxygen atoms in total. The first-order chi connectivity index (χ1) is 17.4. The van der Waals surface area contributed by atoms with Gasteiger partial charge in [0.05, 0.1) is 46.2 Å². The number of likely N-dealkylation sites (tertiary alicyclic amines) is 1. The lowest BCUT2D eigenvalue weighted by molar-refractivity contribution is -0.140. The van der Waals surface area contributed by atoms with Gasteiger partial charge in [0.1, 0.15) is 23.0 Å². The molecule has 0 aromatic heterocycles. The second-order valence-electron chi connectivity index (χ2n) is 8.74. The van der Waals surface area contributed by atoms with E-state index in [4.69, 9.17) is 18.9 Å². The van der Waals surface area contributed by atoms with Crippen LogP contribution in [0.25, 0.3) is 5.76 Å². The van der Waals surface area contributed by atoms with Gasteiger partial charge in [-0.15, -0.1) is 0 Å². The summed E-state index contributed by atoms with van der Waals surface area (Å²) in [6.07, 6.45) is 0. The molecule has 1 N–H and O–H groups in total. The Hall–Kier alpha value is -3.56. The molecule has 2 fully saturated rings. The minimum absolute atomic E-state index is 0.0232. The summed E-state index contributed by atoms with van der Waals surface area (Å²) in [6, 6.07) is 9.52. The van der Waals surface area contributed by atoms with E-state index in [2.05, 4.69) is 4.90 Å². The topological polar surface area (TPSA) is 97.8 Å². The Bertz CT molecular complexity index is 1170. The third kappa shape index (κ3) is 4.89. The smallest absolute Gasteiger partial charge is 0.295 e. The van der Waals surface area contributed by atoms with Crippen molar-refractivity contribution >= 4 is 17.4 Å². The van der Waals surface area contributed by atoms with Crippen molar-refractivity contribution in [3.8, 4) is 17.2 Å². The molecule has 1 atom stereocenters. The molecule has 0 radical (unpaired) electrons. The van der Waals surface area contributed by atoms with Crippen LogP contribution in [0.3, 0.4) is 0 Å². The monoisotopic (exact) mass is 496 g/mol. The number of aliphatic hydroxyl groups excluding tert-OH is 1. The normalized spacial score (nSPS) is 20.0. The van der Waals surface area contributed by atoms with Gasteiger partial charge in [-0.05, 0) is 42.8 Å². The first-order valence-corrected chi connectivity index (χ1v) is 11.8. The van der Waals surface area contributed by atoms with E-state index in [1.165, 1.54) is 12.0 Å². The lowest BCUT2D eigenvalue weighted by Gasteiger charge is -2.31. The molecular formula is C27H32N2O7. The van der Waals surface area contributed by atoms with E-state index in [9.17, 15) is 14.7 Å². The van der Waals surface area contributed by atoms with Crippen molar-refractivity contribution in [2.45, 2.75) is 13.0 Å². The number of amides is 1. The number of aliphatic hydroxyl groups is 1. The third-order valence-electron chi connectivity index (χ3n) is 6.70. The second-order valence-corrected chi connectivity index (χ2v) is 8.74. The van der Waals surface area contributed by atoms with Crippen molar-refractivity contribution in [1.82, 2.24) is 9.80 Å². The van der Waals surface area contributed by atoms with E-state index < -0.39 is 17.7 Å². The maximum atomic E-state index is 13.4. The van der Waals surface area contributed by atoms with E-state index >= 15 is 0 Å². The molecule has 1 unspecified atom stereocenters. The van der Waals surface area contributed by atoms with Gasteiger partial charge in [-0.3, -0.25) is 14.5 Å². The van der Waals surface area contributed by atoms with E-state index in [0.29, 0.717) is 54.7 Å². The van der Waals surface area contributed by atoms with Crippen LogP contribution in [-0.2, 0) is 14.3 Å². The number of hydrogen-bond acceptors (Lipinski definition) is 8. The van der Waals surface area contributed by atoms with E-state index in [-0.39, 0.29) is 11.3 Å². The van der Waals surface area contributed by atoms with Crippen LogP contribution in [0.15, 0.2) is 42.0 Å². The fraction of sp³-hybridized carbons (Fsp3) is 0.407. The molecule has 0 saturated carbocycles. The van der Waals surface area contributed by atoms with Crippen molar-refractivity contribution in [2.75, 3.05) is 60.7 Å². The molecule has 0 spiro atoms. The number of ketones is 1. The number of hydrogen-bond donors (Lipinski definition) is 1. The van der Waals surface area contributed by atoms with Gasteiger partial charge in [0.2, 0.25) is 0 Å². The SMILES string of the molecule is COc1ccc(C2/C(=C(/O)c3ccc(OC)c(C)c3)C(=O)C(=O)N2CCN2CCOCC2)c(OC)c1. The number of ether oxygens (including phenoxy) is 4. The highest BCUT2D eigenvalue weighted by Crippen LogP contribution is 2.43. The maximum absolute atomic E-state index is 13.4. The molecule has 2 aromatic carbocycles. The van der Waals surface area contributed by atoms with E-state index in [1.54, 1.807) is 50.6 Å². The summed E-state index contributed by atoms with van der Waals surface area (Å²) in [7, 11) is 4.64. The van der Waals surface area contributed by atoms with Gasteiger partial charge in [0.15, 0.2) is 0 Å². The molecule has 36 heavy (non-hydrogen) atoms. The summed E-state index contributed by atoms with van der Waals surface area (Å²) in [5.41, 5.74) is 1.83. The molecule has 2 aromatic rings. The quantitative estimate of drug-likeness (QED) is 0.339. The molecule has 4 rings (SSSR count). The molecular weight excluding hydrogens is 464 g/mol. The van der Waals surface area contributed by atoms with Gasteiger partial charge in [0.25, 0.3) is 11.7 Å². The van der Waals surface area contributed by atoms with Crippen LogP contribution in [-0.4, -0.2) is 87.3 Å². The Kier molecular flexibility index (Phi) is 7.81. The number of nitrogens with zero attached hydrogens (tertiary/aromatic N) is 2. The Morgan fingerprint density at radius 1 is 0.972 bits per heavy atom. The predicted octanol–water partition coefficient (Wildman–Crippen LogP) is 2.77. The van der Waals surface area contributed by atoms with Gasteiger partial charge in [-0.2, -0.15) is 0 Å². The first-order valence-electron chi connectivity index (χ1n) is 11.8. The van der Waals surface area contributed by atoms with Crippen LogP contribution in [0.1, 0.15) is 22.7 Å². The molecule has 0 aliphatic carbocycles. The minimum atomic E-state index is -0.825. The minimum Gasteiger partial charge on any atom is -0.507 e. The van der Waals surface area contributed by atoms with Crippen molar-refractivity contribution < 1.29 is 33.6 Å². The first kappa shape index (κ1) is 25.5. The Morgan fingerprint density at radius 3 is 2.33 bits per heavy atom. The molecule has 0 bridgehead atoms. The highest BCUT2D eigenvalue weighted by Gasteiger charge is 2.47. The van der Waals surface area contributed by atoms with Gasteiger partial charge < -0.3 is 29.0 Å². The van der Waals surface area contributed by atoms with Crippen molar-refractivity contribution in [1.29, 1.82) is 0 Å². The number of carbonyl (C=O) groups is 2. The molecule has 2 aliphatic rings. The van der Waals surface area contributed by atoms with Gasteiger partial charge in [-0.1, -0.05) is 0 Å². The molecule has 1 amide bonds. The predicted molar refractivity (Wildman–Crippen MR) is 134 cm³/mol. The van der Waals surface area contributed by atoms with Crippen LogP contribution in [0.4, 0.5) is 0 Å². The van der Waals surface area contributed by atoms with Crippen LogP contribution in [0.2, 0.25) is 0 Å². The van der Waals surface area contributed by atoms with E-state index in [0.717, 1.165) is 18.7 Å². The molecule has 2 saturated heterocycles. The number of aryl methyl sites for hydroxylation is 1. The Labute approximate surface area is 210 Å². The average molecular weight is 497 g/mol. The fourth-order valence-electron chi connectivity index (χ4n) is 4.73. The number of Topliss-reactive ketones (excluding diaryl/α,β-unsaturated/α-hetero) is 1. The molecule has 2 heterocycles. The molecule has 9 heteroatoms. The zero-order chi connectivity index (χ0) is 25.8. The summed E-state index contributed by atoms with van der Waals surface area (Å²) in [5.74, 6) is 0.0616. The summed E-state index contributed by atoms with van der Waals surface area (Å²) in [6.45, 7) is 5.50. The van der Waals surface area contributed by atoms with E-state index in [1.807, 2.05) is 6.92 Å². The fourth-order valence-corrected chi connectivity index (χ4v) is 4.73. The Morgan fingerprint density at radius 2 is 1.69 bits per heavy atom. The lowest BCUT2D eigenvalue weighted by atomic mass is 9.94. The van der Waals surface area contributed by atoms with Crippen molar-refractivity contribution in [3.63, 3.8) is 0 Å². The number of rotatable bonds is 8. The third-order valence-corrected chi connectivity index (χ3v) is 6.70. The average Bonchev–Trinajstić information content (AvgIpc) is 3.16. The largest absolute Gasteiger partial charge is 0.507 e. The maximum Gasteiger partial charge on any atom is 0.295 e. The Balaban J connectivity index is 1.81. The second kappa shape index (κ2) is 11.0. The van der Waals surface area contributed by atoms with Gasteiger partial charge >= 0.3 is 0 Å². The van der Waals surface area contributed by atoms with Gasteiger partial charge in [-0.25, -0.2) is 0 Å². The molecule has 192 valence electrons. The van der Waals surface area contributed by atoms with Crippen LogP contribution < -0.4 is 14.2 Å². The summed E-state index contributed by atoms with van der Waals surface area (Å²) >= 11 is 0. The van der Waals surface area contributed by atoms with Crippen molar-refractivity contribution in [2.24, 2.45) is 0 Å². The number of methoxy groups -OCH3 is 3. The highest BCUT2D eigenvalue weighted by atomic mass is 16.5. The summed E-state index contributed by atoms with van der Waals surface area (Å²) < 4.78 is 21.7. The zero-order valence-corrected chi connectivity index (χ0v) is 21.1. The summed E-state index contributed by atoms with van der Waals surface area (Å²) in [4.78, 5) is 30.4. The number of benzene rings is 2. The van der Waals surface area contributed by atoms with Crippen LogP contribution in [0.5, 0.6) is 17.2 Å². The molecule has 2 aliphatic heterocycles. The lowest BCUT2D eigenvalue weighted by Crippen LogP contribution is -2.42.